The summed E-state index contributed by atoms with van der Waals surface area (Å²) in [6.45, 7) is 4.53. The van der Waals surface area contributed by atoms with Gasteiger partial charge < -0.3 is 10.4 Å². The van der Waals surface area contributed by atoms with E-state index >= 15 is 0 Å². The normalized spacial score (nSPS) is 24.7. The third-order valence-corrected chi connectivity index (χ3v) is 3.35. The highest BCUT2D eigenvalue weighted by Gasteiger charge is 2.39. The van der Waals surface area contributed by atoms with Gasteiger partial charge in [-0.1, -0.05) is 6.92 Å². The number of hydrogen-bond acceptors (Lipinski definition) is 3. The minimum absolute atomic E-state index is 0.0973. The summed E-state index contributed by atoms with van der Waals surface area (Å²) >= 11 is 0. The third kappa shape index (κ3) is 2.92. The minimum atomic E-state index is -0.531. The molecule has 0 aromatic heterocycles. The molecule has 4 heteroatoms. The molecule has 0 bridgehead atoms. The Bertz CT molecular complexity index is 245. The van der Waals surface area contributed by atoms with Crippen molar-refractivity contribution in [1.82, 2.24) is 10.2 Å². The Morgan fingerprint density at radius 2 is 2.20 bits per heavy atom. The smallest absolute Gasteiger partial charge is 0.234 e. The van der Waals surface area contributed by atoms with Crippen molar-refractivity contribution >= 4 is 5.91 Å². The zero-order chi connectivity index (χ0) is 10.9. The molecule has 15 heavy (non-hydrogen) atoms. The molecule has 2 fully saturated rings. The van der Waals surface area contributed by atoms with Crippen molar-refractivity contribution in [3.05, 3.63) is 0 Å². The Morgan fingerprint density at radius 1 is 1.53 bits per heavy atom. The second-order valence-electron chi connectivity index (χ2n) is 4.97. The summed E-state index contributed by atoms with van der Waals surface area (Å²) in [5.41, 5.74) is -0.531. The molecule has 0 unspecified atom stereocenters. The zero-order valence-electron chi connectivity index (χ0n) is 9.33. The second kappa shape index (κ2) is 4.10. The lowest BCUT2D eigenvalue weighted by molar-refractivity contribution is -0.133. The summed E-state index contributed by atoms with van der Waals surface area (Å²) < 4.78 is 0. The molecule has 86 valence electrons. The van der Waals surface area contributed by atoms with Crippen molar-refractivity contribution in [3.8, 4) is 0 Å². The van der Waals surface area contributed by atoms with Gasteiger partial charge >= 0.3 is 0 Å². The Balaban J connectivity index is 1.59. The van der Waals surface area contributed by atoms with Gasteiger partial charge in [-0.2, -0.15) is 0 Å². The maximum absolute atomic E-state index is 11.4. The maximum Gasteiger partial charge on any atom is 0.234 e. The first-order valence-electron chi connectivity index (χ1n) is 5.83. The van der Waals surface area contributed by atoms with E-state index in [9.17, 15) is 9.90 Å². The average molecular weight is 212 g/mol. The lowest BCUT2D eigenvalue weighted by Crippen LogP contribution is -2.63. The van der Waals surface area contributed by atoms with E-state index in [4.69, 9.17) is 0 Å². The molecule has 1 heterocycles. The van der Waals surface area contributed by atoms with Crippen molar-refractivity contribution in [3.63, 3.8) is 0 Å². The van der Waals surface area contributed by atoms with Crippen LogP contribution in [0.2, 0.25) is 0 Å². The van der Waals surface area contributed by atoms with Gasteiger partial charge in [0.25, 0.3) is 0 Å². The zero-order valence-corrected chi connectivity index (χ0v) is 9.33. The number of hydrogen-bond donors (Lipinski definition) is 2. The van der Waals surface area contributed by atoms with Crippen LogP contribution in [0.4, 0.5) is 0 Å². The van der Waals surface area contributed by atoms with E-state index in [-0.39, 0.29) is 5.91 Å². The van der Waals surface area contributed by atoms with Crippen molar-refractivity contribution in [1.29, 1.82) is 0 Å². The minimum Gasteiger partial charge on any atom is -0.387 e. The van der Waals surface area contributed by atoms with Gasteiger partial charge in [-0.15, -0.1) is 0 Å². The van der Waals surface area contributed by atoms with Crippen LogP contribution in [0.25, 0.3) is 0 Å². The molecule has 0 spiro atoms. The first kappa shape index (κ1) is 10.9. The Hall–Kier alpha value is -0.610. The predicted molar refractivity (Wildman–Crippen MR) is 57.4 cm³/mol. The highest BCUT2D eigenvalue weighted by molar-refractivity contribution is 5.78. The van der Waals surface area contributed by atoms with Crippen LogP contribution in [0, 0.1) is 5.92 Å². The number of carbonyl (C=O) groups excluding carboxylic acids is 1. The summed E-state index contributed by atoms with van der Waals surface area (Å²) in [6, 6.07) is 0. The second-order valence-corrected chi connectivity index (χ2v) is 4.97. The Morgan fingerprint density at radius 3 is 2.73 bits per heavy atom. The van der Waals surface area contributed by atoms with Crippen LogP contribution in [0.3, 0.4) is 0 Å². The monoisotopic (exact) mass is 212 g/mol. The molecule has 1 saturated carbocycles. The molecule has 1 aliphatic heterocycles. The molecule has 0 aromatic carbocycles. The van der Waals surface area contributed by atoms with Crippen molar-refractivity contribution in [2.45, 2.75) is 31.8 Å². The van der Waals surface area contributed by atoms with E-state index in [1.54, 1.807) is 0 Å². The highest BCUT2D eigenvalue weighted by atomic mass is 16.3. The number of rotatable bonds is 5. The summed E-state index contributed by atoms with van der Waals surface area (Å²) in [5, 5.41) is 12.7. The number of nitrogens with zero attached hydrogens (tertiary/aromatic N) is 1. The van der Waals surface area contributed by atoms with Crippen LogP contribution in [0.15, 0.2) is 0 Å². The van der Waals surface area contributed by atoms with Crippen LogP contribution in [0.5, 0.6) is 0 Å². The maximum atomic E-state index is 11.4. The Kier molecular flexibility index (Phi) is 2.98. The molecule has 1 aliphatic carbocycles. The summed E-state index contributed by atoms with van der Waals surface area (Å²) in [4.78, 5) is 13.4. The SMILES string of the molecule is CCC1(O)CN(CC(=O)NCC2CC2)C1. The fourth-order valence-electron chi connectivity index (χ4n) is 1.96. The van der Waals surface area contributed by atoms with Gasteiger partial charge in [0, 0.05) is 19.6 Å². The molecule has 0 radical (unpaired) electrons. The molecule has 0 aromatic rings. The highest BCUT2D eigenvalue weighted by Crippen LogP contribution is 2.27. The summed E-state index contributed by atoms with van der Waals surface area (Å²) in [6.07, 6.45) is 3.30. The third-order valence-electron chi connectivity index (χ3n) is 3.35. The molecule has 0 atom stereocenters. The molecule has 2 N–H and O–H groups in total. The van der Waals surface area contributed by atoms with E-state index in [1.807, 2.05) is 11.8 Å². The lowest BCUT2D eigenvalue weighted by atomic mass is 9.91. The molecular formula is C11H20N2O2. The van der Waals surface area contributed by atoms with E-state index in [2.05, 4.69) is 5.32 Å². The molecule has 2 aliphatic rings. The fourth-order valence-corrected chi connectivity index (χ4v) is 1.96. The van der Waals surface area contributed by atoms with Gasteiger partial charge in [0.1, 0.15) is 0 Å². The van der Waals surface area contributed by atoms with Crippen molar-refractivity contribution in [2.24, 2.45) is 5.92 Å². The number of aliphatic hydroxyl groups is 1. The molecule has 1 amide bonds. The van der Waals surface area contributed by atoms with Crippen molar-refractivity contribution in [2.75, 3.05) is 26.2 Å². The lowest BCUT2D eigenvalue weighted by Gasteiger charge is -2.45. The number of amides is 1. The van der Waals surface area contributed by atoms with Gasteiger partial charge in [0.2, 0.25) is 5.91 Å². The van der Waals surface area contributed by atoms with E-state index < -0.39 is 5.60 Å². The molecule has 1 saturated heterocycles. The number of β-amino-alcohol motifs (C(OH)–C–C–N with tert-alkyl or cyclic N) is 1. The topological polar surface area (TPSA) is 52.6 Å². The fraction of sp³-hybridized carbons (Fsp3) is 0.909. The van der Waals surface area contributed by atoms with E-state index in [0.29, 0.717) is 19.6 Å². The first-order valence-corrected chi connectivity index (χ1v) is 5.83. The quantitative estimate of drug-likeness (QED) is 0.673. The Labute approximate surface area is 90.6 Å². The van der Waals surface area contributed by atoms with Crippen LogP contribution in [-0.4, -0.2) is 47.7 Å². The van der Waals surface area contributed by atoms with Gasteiger partial charge in [0.15, 0.2) is 0 Å². The number of likely N-dealkylation sites (tertiary alicyclic amines) is 1. The number of carbonyl (C=O) groups is 1. The van der Waals surface area contributed by atoms with Crippen molar-refractivity contribution < 1.29 is 9.90 Å². The van der Waals surface area contributed by atoms with E-state index in [1.165, 1.54) is 12.8 Å². The van der Waals surface area contributed by atoms with Crippen LogP contribution in [0.1, 0.15) is 26.2 Å². The van der Waals surface area contributed by atoms with E-state index in [0.717, 1.165) is 18.9 Å². The predicted octanol–water partition coefficient (Wildman–Crippen LogP) is -0.0307. The van der Waals surface area contributed by atoms with Gasteiger partial charge in [0.05, 0.1) is 12.1 Å². The van der Waals surface area contributed by atoms with Gasteiger partial charge in [-0.25, -0.2) is 0 Å². The summed E-state index contributed by atoms with van der Waals surface area (Å²) in [5.74, 6) is 0.831. The molecular weight excluding hydrogens is 192 g/mol. The van der Waals surface area contributed by atoms with Crippen LogP contribution >= 0.6 is 0 Å². The number of nitrogens with one attached hydrogen (secondary N) is 1. The van der Waals surface area contributed by atoms with Crippen LogP contribution in [-0.2, 0) is 4.79 Å². The van der Waals surface area contributed by atoms with Crippen LogP contribution < -0.4 is 5.32 Å². The standard InChI is InChI=1S/C11H20N2O2/c1-2-11(15)7-13(8-11)6-10(14)12-5-9-3-4-9/h9,15H,2-8H2,1H3,(H,12,14). The molecule has 4 nitrogen and oxygen atoms in total. The van der Waals surface area contributed by atoms with Gasteiger partial charge in [-0.3, -0.25) is 9.69 Å². The largest absolute Gasteiger partial charge is 0.387 e. The molecule has 2 rings (SSSR count). The summed E-state index contributed by atoms with van der Waals surface area (Å²) in [7, 11) is 0. The van der Waals surface area contributed by atoms with Gasteiger partial charge in [-0.05, 0) is 25.2 Å². The first-order chi connectivity index (χ1) is 7.11. The average Bonchev–Trinajstić information content (AvgIpc) is 2.95.